The van der Waals surface area contributed by atoms with Crippen molar-refractivity contribution < 1.29 is 4.79 Å². The molecule has 1 unspecified atom stereocenters. The topological polar surface area (TPSA) is 70.5 Å². The second kappa shape index (κ2) is 7.40. The molecule has 0 saturated carbocycles. The number of anilines is 1. The molecule has 1 aromatic rings. The van der Waals surface area contributed by atoms with Crippen LogP contribution in [0.15, 0.2) is 17.2 Å². The number of urea groups is 1. The van der Waals surface area contributed by atoms with Crippen LogP contribution in [0.2, 0.25) is 0 Å². The largest absolute Gasteiger partial charge is 0.324 e. The average molecular weight is 307 g/mol. The number of nitrogens with one attached hydrogen (secondary N) is 1. The molecule has 1 fully saturated rings. The molecule has 1 aliphatic rings. The van der Waals surface area contributed by atoms with E-state index in [1.807, 2.05) is 0 Å². The molecule has 0 aromatic carbocycles. The Balaban J connectivity index is 1.89. The van der Waals surface area contributed by atoms with Crippen LogP contribution >= 0.6 is 0 Å². The van der Waals surface area contributed by atoms with Crippen LogP contribution in [0.1, 0.15) is 19.8 Å². The zero-order valence-corrected chi connectivity index (χ0v) is 13.6. The minimum atomic E-state index is -0.297. The van der Waals surface area contributed by atoms with Gasteiger partial charge in [-0.1, -0.05) is 6.92 Å². The predicted octanol–water partition coefficient (Wildman–Crippen LogP) is 0.976. The molecule has 122 valence electrons. The van der Waals surface area contributed by atoms with Gasteiger partial charge in [0.25, 0.3) is 5.56 Å². The van der Waals surface area contributed by atoms with Gasteiger partial charge in [0.15, 0.2) is 0 Å². The molecule has 2 rings (SSSR count). The molecule has 1 aromatic heterocycles. The van der Waals surface area contributed by atoms with Crippen molar-refractivity contribution in [3.8, 4) is 0 Å². The van der Waals surface area contributed by atoms with Gasteiger partial charge in [0.1, 0.15) is 0 Å². The summed E-state index contributed by atoms with van der Waals surface area (Å²) in [6.45, 7) is 5.70. The Kier molecular flexibility index (Phi) is 5.54. The summed E-state index contributed by atoms with van der Waals surface area (Å²) in [5.41, 5.74) is -0.297. The fraction of sp³-hybridized carbons (Fsp3) is 0.667. The van der Waals surface area contributed by atoms with Crippen molar-refractivity contribution in [1.29, 1.82) is 0 Å². The van der Waals surface area contributed by atoms with Crippen molar-refractivity contribution in [2.24, 2.45) is 13.0 Å². The third-order valence-corrected chi connectivity index (χ3v) is 3.99. The van der Waals surface area contributed by atoms with Gasteiger partial charge in [-0.2, -0.15) is 0 Å². The van der Waals surface area contributed by atoms with Crippen LogP contribution in [0.25, 0.3) is 0 Å². The lowest BCUT2D eigenvalue weighted by Gasteiger charge is -2.21. The number of carbonyl (C=O) groups is 1. The van der Waals surface area contributed by atoms with Gasteiger partial charge in [0.2, 0.25) is 5.82 Å². The molecule has 7 heteroatoms. The average Bonchev–Trinajstić information content (AvgIpc) is 2.92. The Hall–Kier alpha value is -1.89. The Morgan fingerprint density at radius 3 is 3.05 bits per heavy atom. The summed E-state index contributed by atoms with van der Waals surface area (Å²) in [5.74, 6) is 0.579. The number of hydrogen-bond donors (Lipinski definition) is 1. The smallest absolute Gasteiger partial charge is 0.323 e. The van der Waals surface area contributed by atoms with Gasteiger partial charge in [-0.3, -0.25) is 10.1 Å². The monoisotopic (exact) mass is 307 g/mol. The summed E-state index contributed by atoms with van der Waals surface area (Å²) in [4.78, 5) is 32.1. The number of carbonyl (C=O) groups excluding carboxylic acids is 1. The number of nitrogens with zero attached hydrogens (tertiary/aromatic N) is 4. The molecule has 2 heterocycles. The van der Waals surface area contributed by atoms with E-state index in [-0.39, 0.29) is 17.4 Å². The number of aromatic nitrogens is 2. The van der Waals surface area contributed by atoms with Crippen molar-refractivity contribution in [3.63, 3.8) is 0 Å². The van der Waals surface area contributed by atoms with Crippen molar-refractivity contribution in [2.75, 3.05) is 38.5 Å². The molecular weight excluding hydrogens is 282 g/mol. The van der Waals surface area contributed by atoms with Crippen LogP contribution in [0, 0.1) is 5.92 Å². The van der Waals surface area contributed by atoms with E-state index in [0.717, 1.165) is 39.0 Å². The highest BCUT2D eigenvalue weighted by Gasteiger charge is 2.27. The number of hydrogen-bond acceptors (Lipinski definition) is 4. The lowest BCUT2D eigenvalue weighted by Crippen LogP contribution is -2.36. The molecule has 0 aliphatic carbocycles. The Morgan fingerprint density at radius 2 is 2.32 bits per heavy atom. The highest BCUT2D eigenvalue weighted by atomic mass is 16.2. The van der Waals surface area contributed by atoms with Gasteiger partial charge in [0, 0.05) is 39.1 Å². The molecule has 7 nitrogen and oxygen atoms in total. The van der Waals surface area contributed by atoms with E-state index in [1.165, 1.54) is 10.8 Å². The Bertz CT molecular complexity index is 571. The van der Waals surface area contributed by atoms with Gasteiger partial charge in [-0.25, -0.2) is 9.78 Å². The number of likely N-dealkylation sites (tertiary alicyclic amines) is 1. The first-order valence-corrected chi connectivity index (χ1v) is 7.77. The first kappa shape index (κ1) is 16.5. The molecule has 1 atom stereocenters. The summed E-state index contributed by atoms with van der Waals surface area (Å²) in [6.07, 6.45) is 5.20. The second-order valence-electron chi connectivity index (χ2n) is 5.99. The number of aryl methyl sites for hydroxylation is 1. The molecule has 0 spiro atoms. The zero-order chi connectivity index (χ0) is 16.1. The van der Waals surface area contributed by atoms with E-state index < -0.39 is 0 Å². The Labute approximate surface area is 130 Å². The van der Waals surface area contributed by atoms with Crippen LogP contribution in [0.3, 0.4) is 0 Å². The molecule has 2 amide bonds. The first-order chi connectivity index (χ1) is 10.5. The summed E-state index contributed by atoms with van der Waals surface area (Å²) in [7, 11) is 3.75. The highest BCUT2D eigenvalue weighted by molar-refractivity contribution is 5.88. The number of amides is 2. The van der Waals surface area contributed by atoms with Crippen LogP contribution in [0.5, 0.6) is 0 Å². The van der Waals surface area contributed by atoms with Gasteiger partial charge in [-0.05, 0) is 32.4 Å². The molecule has 1 aliphatic heterocycles. The van der Waals surface area contributed by atoms with Crippen molar-refractivity contribution in [1.82, 2.24) is 19.4 Å². The summed E-state index contributed by atoms with van der Waals surface area (Å²) >= 11 is 0. The lowest BCUT2D eigenvalue weighted by atomic mass is 10.1. The summed E-state index contributed by atoms with van der Waals surface area (Å²) < 4.78 is 1.40. The fourth-order valence-electron chi connectivity index (χ4n) is 2.84. The van der Waals surface area contributed by atoms with E-state index in [0.29, 0.717) is 5.92 Å². The Morgan fingerprint density at radius 1 is 1.55 bits per heavy atom. The quantitative estimate of drug-likeness (QED) is 0.880. The van der Waals surface area contributed by atoms with Crippen LogP contribution in [-0.2, 0) is 7.05 Å². The van der Waals surface area contributed by atoms with E-state index >= 15 is 0 Å². The van der Waals surface area contributed by atoms with Crippen molar-refractivity contribution in [2.45, 2.75) is 19.8 Å². The van der Waals surface area contributed by atoms with Crippen LogP contribution in [-0.4, -0.2) is 58.6 Å². The minimum absolute atomic E-state index is 0.0848. The molecule has 0 bridgehead atoms. The summed E-state index contributed by atoms with van der Waals surface area (Å²) in [5, 5.41) is 2.62. The second-order valence-corrected chi connectivity index (χ2v) is 5.99. The SMILES string of the molecule is CCCN(C)CC1CCN(C(=O)Nc2nccn(C)c2=O)C1. The third kappa shape index (κ3) is 4.07. The fourth-order valence-corrected chi connectivity index (χ4v) is 2.84. The summed E-state index contributed by atoms with van der Waals surface area (Å²) in [6, 6.07) is -0.239. The third-order valence-electron chi connectivity index (χ3n) is 3.99. The van der Waals surface area contributed by atoms with E-state index in [1.54, 1.807) is 18.1 Å². The predicted molar refractivity (Wildman–Crippen MR) is 86.0 cm³/mol. The molecule has 1 saturated heterocycles. The zero-order valence-electron chi connectivity index (χ0n) is 13.6. The van der Waals surface area contributed by atoms with E-state index in [4.69, 9.17) is 0 Å². The maximum atomic E-state index is 12.2. The van der Waals surface area contributed by atoms with Crippen molar-refractivity contribution >= 4 is 11.8 Å². The van der Waals surface area contributed by atoms with Gasteiger partial charge >= 0.3 is 6.03 Å². The maximum Gasteiger partial charge on any atom is 0.323 e. The lowest BCUT2D eigenvalue weighted by molar-refractivity contribution is 0.217. The van der Waals surface area contributed by atoms with Gasteiger partial charge < -0.3 is 14.4 Å². The van der Waals surface area contributed by atoms with Gasteiger partial charge in [-0.15, -0.1) is 0 Å². The standard InChI is InChI=1S/C15H25N5O2/c1-4-7-18(2)10-12-5-8-20(11-12)15(22)17-13-14(21)19(3)9-6-16-13/h6,9,12H,4-5,7-8,10-11H2,1-3H3,(H,16,17,22). The molecular formula is C15H25N5O2. The molecule has 22 heavy (non-hydrogen) atoms. The molecule has 0 radical (unpaired) electrons. The number of rotatable bonds is 5. The van der Waals surface area contributed by atoms with E-state index in [9.17, 15) is 9.59 Å². The maximum absolute atomic E-state index is 12.2. The highest BCUT2D eigenvalue weighted by Crippen LogP contribution is 2.17. The normalized spacial score (nSPS) is 18.0. The van der Waals surface area contributed by atoms with Crippen molar-refractivity contribution in [3.05, 3.63) is 22.7 Å². The first-order valence-electron chi connectivity index (χ1n) is 7.77. The van der Waals surface area contributed by atoms with Crippen LogP contribution in [0.4, 0.5) is 10.6 Å². The van der Waals surface area contributed by atoms with E-state index in [2.05, 4.69) is 29.2 Å². The molecule has 1 N–H and O–H groups in total. The van der Waals surface area contributed by atoms with Crippen LogP contribution < -0.4 is 10.9 Å². The van der Waals surface area contributed by atoms with Gasteiger partial charge in [0.05, 0.1) is 0 Å². The minimum Gasteiger partial charge on any atom is -0.324 e.